The first kappa shape index (κ1) is 21.9. The molecule has 6 heteroatoms. The minimum atomic E-state index is -0.393. The average Bonchev–Trinajstić information content (AvgIpc) is 3.38. The highest BCUT2D eigenvalue weighted by Crippen LogP contribution is 2.39. The lowest BCUT2D eigenvalue weighted by Crippen LogP contribution is -2.36. The van der Waals surface area contributed by atoms with Crippen LogP contribution in [0.3, 0.4) is 0 Å². The normalized spacial score (nSPS) is 18.3. The van der Waals surface area contributed by atoms with Gasteiger partial charge in [0.15, 0.2) is 0 Å². The minimum absolute atomic E-state index is 0.0519. The number of para-hydroxylation sites is 1. The lowest BCUT2D eigenvalue weighted by Gasteiger charge is -2.28. The van der Waals surface area contributed by atoms with Crippen molar-refractivity contribution in [2.24, 2.45) is 5.92 Å². The van der Waals surface area contributed by atoms with E-state index in [0.29, 0.717) is 13.1 Å². The van der Waals surface area contributed by atoms with Crippen LogP contribution in [0.2, 0.25) is 0 Å². The van der Waals surface area contributed by atoms with Crippen LogP contribution in [0.4, 0.5) is 0 Å². The number of aromatic amines is 1. The van der Waals surface area contributed by atoms with Crippen LogP contribution in [0.25, 0.3) is 10.9 Å². The highest BCUT2D eigenvalue weighted by Gasteiger charge is 2.44. The summed E-state index contributed by atoms with van der Waals surface area (Å²) in [6.45, 7) is 3.32. The quantitative estimate of drug-likeness (QED) is 0.530. The van der Waals surface area contributed by atoms with Crippen molar-refractivity contribution in [3.05, 3.63) is 65.9 Å². The Morgan fingerprint density at radius 3 is 2.72 bits per heavy atom. The summed E-state index contributed by atoms with van der Waals surface area (Å²) in [5.74, 6) is 0.364. The number of nitrogens with zero attached hydrogens (tertiary/aromatic N) is 1. The van der Waals surface area contributed by atoms with Crippen molar-refractivity contribution in [2.75, 3.05) is 20.2 Å². The van der Waals surface area contributed by atoms with Gasteiger partial charge in [-0.05, 0) is 42.2 Å². The summed E-state index contributed by atoms with van der Waals surface area (Å²) in [5.41, 5.74) is 3.26. The summed E-state index contributed by atoms with van der Waals surface area (Å²) in [4.78, 5) is 31.2. The van der Waals surface area contributed by atoms with Gasteiger partial charge in [0, 0.05) is 36.6 Å². The van der Waals surface area contributed by atoms with E-state index in [1.54, 1.807) is 7.11 Å². The number of carbonyl (C=O) groups is 2. The topological polar surface area (TPSA) is 74.4 Å². The molecular weight excluding hydrogens is 402 g/mol. The Hall–Kier alpha value is -3.28. The van der Waals surface area contributed by atoms with Crippen LogP contribution in [-0.2, 0) is 16.0 Å². The monoisotopic (exact) mass is 433 g/mol. The number of carbonyl (C=O) groups excluding carboxylic acids is 2. The molecule has 2 aromatic carbocycles. The summed E-state index contributed by atoms with van der Waals surface area (Å²) in [5, 5.41) is 4.27. The molecule has 0 radical (unpaired) electrons. The molecule has 0 saturated carbocycles. The molecule has 4 rings (SSSR count). The van der Waals surface area contributed by atoms with Gasteiger partial charge < -0.3 is 19.9 Å². The zero-order valence-electron chi connectivity index (χ0n) is 18.8. The highest BCUT2D eigenvalue weighted by atomic mass is 16.5. The SMILES string of the molecule is CCCCN1C(=O)CC(C(=O)NCCc2c[nH]c3ccccc23)C1c1ccc(OC)cc1. The molecule has 0 spiro atoms. The maximum Gasteiger partial charge on any atom is 0.226 e. The molecule has 32 heavy (non-hydrogen) atoms. The molecule has 2 unspecified atom stereocenters. The van der Waals surface area contributed by atoms with Gasteiger partial charge in [-0.15, -0.1) is 0 Å². The number of hydrogen-bond donors (Lipinski definition) is 2. The fourth-order valence-corrected chi connectivity index (χ4v) is 4.62. The third-order valence-electron chi connectivity index (χ3n) is 6.35. The van der Waals surface area contributed by atoms with Crippen molar-refractivity contribution in [3.8, 4) is 5.75 Å². The molecule has 3 aromatic rings. The van der Waals surface area contributed by atoms with Gasteiger partial charge in [-0.1, -0.05) is 43.7 Å². The molecule has 2 heterocycles. The number of aromatic nitrogens is 1. The lowest BCUT2D eigenvalue weighted by atomic mass is 9.92. The first-order valence-electron chi connectivity index (χ1n) is 11.4. The zero-order valence-corrected chi connectivity index (χ0v) is 18.8. The van der Waals surface area contributed by atoms with Crippen molar-refractivity contribution in [1.29, 1.82) is 0 Å². The predicted octanol–water partition coefficient (Wildman–Crippen LogP) is 4.23. The van der Waals surface area contributed by atoms with Crippen molar-refractivity contribution in [1.82, 2.24) is 15.2 Å². The number of ether oxygens (including phenoxy) is 1. The van der Waals surface area contributed by atoms with E-state index in [9.17, 15) is 9.59 Å². The van der Waals surface area contributed by atoms with E-state index >= 15 is 0 Å². The van der Waals surface area contributed by atoms with Gasteiger partial charge >= 0.3 is 0 Å². The number of unbranched alkanes of at least 4 members (excludes halogenated alkanes) is 1. The largest absolute Gasteiger partial charge is 0.497 e. The maximum atomic E-state index is 13.2. The fraction of sp³-hybridized carbons (Fsp3) is 0.385. The summed E-state index contributed by atoms with van der Waals surface area (Å²) in [6, 6.07) is 15.6. The Labute approximate surface area is 188 Å². The molecule has 1 aliphatic heterocycles. The standard InChI is InChI=1S/C26H31N3O3/c1-3-4-15-29-24(30)16-22(25(29)18-9-11-20(32-2)12-10-18)26(31)27-14-13-19-17-28-23-8-6-5-7-21(19)23/h5-12,17,22,25,28H,3-4,13-16H2,1-2H3,(H,27,31). The third kappa shape index (κ3) is 4.49. The van der Waals surface area contributed by atoms with Gasteiger partial charge in [0.1, 0.15) is 5.75 Å². The van der Waals surface area contributed by atoms with E-state index in [-0.39, 0.29) is 24.3 Å². The second-order valence-corrected chi connectivity index (χ2v) is 8.37. The number of amides is 2. The molecular formula is C26H31N3O3. The summed E-state index contributed by atoms with van der Waals surface area (Å²) < 4.78 is 5.28. The van der Waals surface area contributed by atoms with E-state index in [0.717, 1.165) is 36.1 Å². The maximum absolute atomic E-state index is 13.2. The van der Waals surface area contributed by atoms with Gasteiger partial charge in [0.25, 0.3) is 0 Å². The van der Waals surface area contributed by atoms with Gasteiger partial charge in [-0.3, -0.25) is 9.59 Å². The lowest BCUT2D eigenvalue weighted by molar-refractivity contribution is -0.129. The number of benzene rings is 2. The zero-order chi connectivity index (χ0) is 22.5. The first-order valence-corrected chi connectivity index (χ1v) is 11.4. The van der Waals surface area contributed by atoms with Crippen LogP contribution in [0.5, 0.6) is 5.75 Å². The van der Waals surface area contributed by atoms with Gasteiger partial charge in [0.2, 0.25) is 11.8 Å². The number of likely N-dealkylation sites (tertiary alicyclic amines) is 1. The molecule has 0 aliphatic carbocycles. The van der Waals surface area contributed by atoms with Crippen LogP contribution < -0.4 is 10.1 Å². The van der Waals surface area contributed by atoms with E-state index in [1.807, 2.05) is 53.6 Å². The van der Waals surface area contributed by atoms with E-state index in [4.69, 9.17) is 4.74 Å². The third-order valence-corrected chi connectivity index (χ3v) is 6.35. The van der Waals surface area contributed by atoms with Crippen molar-refractivity contribution in [2.45, 2.75) is 38.6 Å². The van der Waals surface area contributed by atoms with Crippen LogP contribution in [0, 0.1) is 5.92 Å². The van der Waals surface area contributed by atoms with E-state index < -0.39 is 5.92 Å². The van der Waals surface area contributed by atoms with E-state index in [1.165, 1.54) is 10.9 Å². The Morgan fingerprint density at radius 2 is 1.97 bits per heavy atom. The molecule has 1 fully saturated rings. The molecule has 0 bridgehead atoms. The smallest absolute Gasteiger partial charge is 0.226 e. The van der Waals surface area contributed by atoms with Crippen LogP contribution >= 0.6 is 0 Å². The van der Waals surface area contributed by atoms with Crippen LogP contribution in [-0.4, -0.2) is 41.9 Å². The number of rotatable bonds is 9. The number of hydrogen-bond acceptors (Lipinski definition) is 3. The molecule has 6 nitrogen and oxygen atoms in total. The minimum Gasteiger partial charge on any atom is -0.497 e. The number of methoxy groups -OCH3 is 1. The Morgan fingerprint density at radius 1 is 1.19 bits per heavy atom. The Kier molecular flexibility index (Phi) is 6.78. The molecule has 2 amide bonds. The predicted molar refractivity (Wildman–Crippen MR) is 125 cm³/mol. The van der Waals surface area contributed by atoms with Crippen molar-refractivity contribution in [3.63, 3.8) is 0 Å². The Balaban J connectivity index is 1.47. The summed E-state index contributed by atoms with van der Waals surface area (Å²) in [7, 11) is 1.63. The fourth-order valence-electron chi connectivity index (χ4n) is 4.62. The molecule has 2 N–H and O–H groups in total. The summed E-state index contributed by atoms with van der Waals surface area (Å²) >= 11 is 0. The number of nitrogens with one attached hydrogen (secondary N) is 2. The second kappa shape index (κ2) is 9.90. The van der Waals surface area contributed by atoms with Gasteiger partial charge in [-0.25, -0.2) is 0 Å². The molecule has 1 saturated heterocycles. The van der Waals surface area contributed by atoms with Gasteiger partial charge in [0.05, 0.1) is 19.1 Å². The van der Waals surface area contributed by atoms with Crippen molar-refractivity contribution >= 4 is 22.7 Å². The average molecular weight is 434 g/mol. The van der Waals surface area contributed by atoms with Crippen LogP contribution in [0.15, 0.2) is 54.7 Å². The Bertz CT molecular complexity index is 1070. The molecule has 1 aliphatic rings. The summed E-state index contributed by atoms with van der Waals surface area (Å²) in [6.07, 6.45) is 4.92. The van der Waals surface area contributed by atoms with Gasteiger partial charge in [-0.2, -0.15) is 0 Å². The number of H-pyrrole nitrogens is 1. The molecule has 168 valence electrons. The molecule has 1 aromatic heterocycles. The molecule has 2 atom stereocenters. The number of fused-ring (bicyclic) bond motifs is 1. The van der Waals surface area contributed by atoms with E-state index in [2.05, 4.69) is 23.3 Å². The first-order chi connectivity index (χ1) is 15.6. The van der Waals surface area contributed by atoms with Crippen molar-refractivity contribution < 1.29 is 14.3 Å². The van der Waals surface area contributed by atoms with Crippen LogP contribution in [0.1, 0.15) is 43.4 Å². The second-order valence-electron chi connectivity index (χ2n) is 8.37. The highest BCUT2D eigenvalue weighted by molar-refractivity contribution is 5.90.